The lowest BCUT2D eigenvalue weighted by Crippen LogP contribution is -2.37. The number of amides is 1. The molecule has 2 atom stereocenters. The molecule has 3 aliphatic rings. The van der Waals surface area contributed by atoms with Gasteiger partial charge in [-0.1, -0.05) is 6.07 Å². The fourth-order valence-corrected chi connectivity index (χ4v) is 3.76. The second-order valence-corrected chi connectivity index (χ2v) is 5.84. The van der Waals surface area contributed by atoms with Gasteiger partial charge in [-0.25, -0.2) is 0 Å². The van der Waals surface area contributed by atoms with Crippen molar-refractivity contribution in [1.82, 2.24) is 4.90 Å². The number of piperidine rings is 1. The lowest BCUT2D eigenvalue weighted by molar-refractivity contribution is 0.0703. The molecular formula is C15H18N2O. The van der Waals surface area contributed by atoms with Gasteiger partial charge in [0.15, 0.2) is 0 Å². The average molecular weight is 242 g/mol. The van der Waals surface area contributed by atoms with Crippen molar-refractivity contribution in [3.63, 3.8) is 0 Å². The molecule has 2 heterocycles. The van der Waals surface area contributed by atoms with E-state index in [2.05, 4.69) is 16.3 Å². The highest BCUT2D eigenvalue weighted by atomic mass is 16.2. The molecular weight excluding hydrogens is 224 g/mol. The summed E-state index contributed by atoms with van der Waals surface area (Å²) < 4.78 is 0. The Morgan fingerprint density at radius 1 is 1.33 bits per heavy atom. The molecule has 1 aliphatic carbocycles. The van der Waals surface area contributed by atoms with E-state index in [0.717, 1.165) is 36.7 Å². The summed E-state index contributed by atoms with van der Waals surface area (Å²) >= 11 is 0. The van der Waals surface area contributed by atoms with Crippen LogP contribution in [0.1, 0.15) is 35.2 Å². The first-order valence-corrected chi connectivity index (χ1v) is 6.99. The molecule has 1 aromatic rings. The van der Waals surface area contributed by atoms with E-state index < -0.39 is 0 Å². The van der Waals surface area contributed by atoms with Crippen LogP contribution in [0.25, 0.3) is 0 Å². The summed E-state index contributed by atoms with van der Waals surface area (Å²) in [5.74, 6) is 1.00. The van der Waals surface area contributed by atoms with Gasteiger partial charge in [0.2, 0.25) is 0 Å². The maximum Gasteiger partial charge on any atom is 0.254 e. The fourth-order valence-electron chi connectivity index (χ4n) is 3.76. The Balaban J connectivity index is 1.61. The van der Waals surface area contributed by atoms with Crippen molar-refractivity contribution in [2.45, 2.75) is 31.7 Å². The molecule has 0 spiro atoms. The normalized spacial score (nSPS) is 28.3. The number of carbonyl (C=O) groups excluding carboxylic acids is 1. The van der Waals surface area contributed by atoms with Crippen LogP contribution in [0.3, 0.4) is 0 Å². The Hall–Kier alpha value is -1.51. The Kier molecular flexibility index (Phi) is 2.16. The number of hydrogen-bond donors (Lipinski definition) is 1. The zero-order valence-corrected chi connectivity index (χ0v) is 10.5. The van der Waals surface area contributed by atoms with Gasteiger partial charge >= 0.3 is 0 Å². The number of rotatable bonds is 1. The van der Waals surface area contributed by atoms with Crippen molar-refractivity contribution in [2.75, 3.05) is 18.4 Å². The van der Waals surface area contributed by atoms with Crippen molar-refractivity contribution in [1.29, 1.82) is 0 Å². The van der Waals surface area contributed by atoms with Crippen LogP contribution < -0.4 is 5.32 Å². The lowest BCUT2D eigenvalue weighted by atomic mass is 10.1. The number of nitrogens with one attached hydrogen (secondary N) is 1. The molecule has 2 unspecified atom stereocenters. The second-order valence-electron chi connectivity index (χ2n) is 5.84. The largest absolute Gasteiger partial charge is 0.384 e. The third-order valence-electron chi connectivity index (χ3n) is 4.74. The summed E-state index contributed by atoms with van der Waals surface area (Å²) in [5.41, 5.74) is 3.36. The SMILES string of the molecule is O=C(c1ccc2c(c1)NCC2)N1CC2CCC1C2. The molecule has 94 valence electrons. The number of benzene rings is 1. The van der Waals surface area contributed by atoms with Gasteiger partial charge in [0.05, 0.1) is 0 Å². The van der Waals surface area contributed by atoms with E-state index in [1.165, 1.54) is 24.8 Å². The first-order valence-electron chi connectivity index (χ1n) is 6.99. The predicted molar refractivity (Wildman–Crippen MR) is 70.8 cm³/mol. The number of hydrogen-bond acceptors (Lipinski definition) is 2. The monoisotopic (exact) mass is 242 g/mol. The third-order valence-corrected chi connectivity index (χ3v) is 4.74. The van der Waals surface area contributed by atoms with E-state index in [9.17, 15) is 4.79 Å². The summed E-state index contributed by atoms with van der Waals surface area (Å²) in [6, 6.07) is 6.66. The number of carbonyl (C=O) groups is 1. The average Bonchev–Trinajstić information content (AvgIpc) is 3.12. The molecule has 3 nitrogen and oxygen atoms in total. The molecule has 0 aromatic heterocycles. The zero-order chi connectivity index (χ0) is 12.1. The molecule has 1 saturated carbocycles. The summed E-state index contributed by atoms with van der Waals surface area (Å²) in [6.07, 6.45) is 4.84. The van der Waals surface area contributed by atoms with E-state index in [0.29, 0.717) is 6.04 Å². The first-order chi connectivity index (χ1) is 8.81. The highest BCUT2D eigenvalue weighted by Gasteiger charge is 2.40. The van der Waals surface area contributed by atoms with Crippen molar-refractivity contribution < 1.29 is 4.79 Å². The van der Waals surface area contributed by atoms with Gasteiger partial charge < -0.3 is 10.2 Å². The van der Waals surface area contributed by atoms with Crippen LogP contribution in [0.5, 0.6) is 0 Å². The van der Waals surface area contributed by atoms with E-state index >= 15 is 0 Å². The summed E-state index contributed by atoms with van der Waals surface area (Å²) in [4.78, 5) is 14.6. The standard InChI is InChI=1S/C15H18N2O/c18-15(17-9-10-1-4-13(17)7-10)12-3-2-11-5-6-16-14(11)8-12/h2-3,8,10,13,16H,1,4-7,9H2. The Morgan fingerprint density at radius 2 is 2.28 bits per heavy atom. The quantitative estimate of drug-likeness (QED) is 0.819. The van der Waals surface area contributed by atoms with Gasteiger partial charge in [-0.15, -0.1) is 0 Å². The van der Waals surface area contributed by atoms with E-state index in [1.54, 1.807) is 0 Å². The summed E-state index contributed by atoms with van der Waals surface area (Å²) in [5, 5.41) is 3.35. The van der Waals surface area contributed by atoms with Crippen LogP contribution in [0.15, 0.2) is 18.2 Å². The minimum Gasteiger partial charge on any atom is -0.384 e. The molecule has 18 heavy (non-hydrogen) atoms. The van der Waals surface area contributed by atoms with Gasteiger partial charge in [0, 0.05) is 30.4 Å². The second kappa shape index (κ2) is 3.74. The van der Waals surface area contributed by atoms with Crippen LogP contribution in [0.4, 0.5) is 5.69 Å². The molecule has 1 amide bonds. The van der Waals surface area contributed by atoms with Crippen molar-refractivity contribution in [3.05, 3.63) is 29.3 Å². The van der Waals surface area contributed by atoms with E-state index in [4.69, 9.17) is 0 Å². The van der Waals surface area contributed by atoms with Gasteiger partial charge in [0.25, 0.3) is 5.91 Å². The molecule has 2 aliphatic heterocycles. The van der Waals surface area contributed by atoms with Crippen LogP contribution in [-0.4, -0.2) is 29.9 Å². The molecule has 2 bridgehead atoms. The van der Waals surface area contributed by atoms with Crippen molar-refractivity contribution >= 4 is 11.6 Å². The highest BCUT2D eigenvalue weighted by molar-refractivity contribution is 5.96. The molecule has 0 radical (unpaired) electrons. The summed E-state index contributed by atoms with van der Waals surface area (Å²) in [7, 11) is 0. The smallest absolute Gasteiger partial charge is 0.254 e. The minimum absolute atomic E-state index is 0.235. The molecule has 1 N–H and O–H groups in total. The van der Waals surface area contributed by atoms with Crippen LogP contribution in [-0.2, 0) is 6.42 Å². The van der Waals surface area contributed by atoms with E-state index in [-0.39, 0.29) is 5.91 Å². The molecule has 2 fully saturated rings. The van der Waals surface area contributed by atoms with Gasteiger partial charge in [-0.3, -0.25) is 4.79 Å². The van der Waals surface area contributed by atoms with Crippen LogP contribution >= 0.6 is 0 Å². The van der Waals surface area contributed by atoms with Gasteiger partial charge in [-0.05, 0) is 49.3 Å². The molecule has 4 rings (SSSR count). The fraction of sp³-hybridized carbons (Fsp3) is 0.533. The predicted octanol–water partition coefficient (Wildman–Crippen LogP) is 2.28. The van der Waals surface area contributed by atoms with Gasteiger partial charge in [0.1, 0.15) is 0 Å². The van der Waals surface area contributed by atoms with Crippen LogP contribution in [0.2, 0.25) is 0 Å². The topological polar surface area (TPSA) is 32.3 Å². The molecule has 1 aromatic carbocycles. The maximum atomic E-state index is 12.5. The van der Waals surface area contributed by atoms with Crippen LogP contribution in [0, 0.1) is 5.92 Å². The number of nitrogens with zero attached hydrogens (tertiary/aromatic N) is 1. The number of likely N-dealkylation sites (tertiary alicyclic amines) is 1. The van der Waals surface area contributed by atoms with Crippen molar-refractivity contribution in [3.8, 4) is 0 Å². The molecule has 1 saturated heterocycles. The van der Waals surface area contributed by atoms with Gasteiger partial charge in [-0.2, -0.15) is 0 Å². The Labute approximate surface area is 107 Å². The highest BCUT2D eigenvalue weighted by Crippen LogP contribution is 2.38. The summed E-state index contributed by atoms with van der Waals surface area (Å²) in [6.45, 7) is 1.98. The Bertz CT molecular complexity index is 511. The van der Waals surface area contributed by atoms with E-state index in [1.807, 2.05) is 12.1 Å². The number of fused-ring (bicyclic) bond motifs is 3. The third kappa shape index (κ3) is 1.46. The minimum atomic E-state index is 0.235. The number of anilines is 1. The molecule has 3 heteroatoms. The Morgan fingerprint density at radius 3 is 3.06 bits per heavy atom. The first kappa shape index (κ1) is 10.4. The van der Waals surface area contributed by atoms with Crippen molar-refractivity contribution in [2.24, 2.45) is 5.92 Å². The maximum absolute atomic E-state index is 12.5. The zero-order valence-electron chi connectivity index (χ0n) is 10.5. The lowest BCUT2D eigenvalue weighted by Gasteiger charge is -2.27.